The zero-order valence-corrected chi connectivity index (χ0v) is 12.4. The van der Waals surface area contributed by atoms with E-state index in [4.69, 9.17) is 0 Å². The van der Waals surface area contributed by atoms with Crippen LogP contribution in [0.4, 0.5) is 0 Å². The van der Waals surface area contributed by atoms with Gasteiger partial charge in [0.05, 0.1) is 0 Å². The zero-order chi connectivity index (χ0) is 12.8. The molecule has 0 aliphatic carbocycles. The topological polar surface area (TPSA) is 9.72 Å². The SMILES string of the molecule is CC.CC1CCC(CN2CCN(C)CC2)N1C. The van der Waals surface area contributed by atoms with Crippen LogP contribution in [-0.2, 0) is 0 Å². The van der Waals surface area contributed by atoms with Gasteiger partial charge in [-0.2, -0.15) is 0 Å². The average molecular weight is 241 g/mol. The summed E-state index contributed by atoms with van der Waals surface area (Å²) in [5, 5.41) is 0. The molecular weight excluding hydrogens is 210 g/mol. The predicted molar refractivity (Wildman–Crippen MR) is 75.5 cm³/mol. The van der Waals surface area contributed by atoms with Crippen LogP contribution in [-0.4, -0.2) is 73.6 Å². The van der Waals surface area contributed by atoms with E-state index in [0.717, 1.165) is 12.1 Å². The second-order valence-electron chi connectivity index (χ2n) is 5.35. The first-order chi connectivity index (χ1) is 8.16. The summed E-state index contributed by atoms with van der Waals surface area (Å²) in [7, 11) is 4.51. The molecule has 0 amide bonds. The van der Waals surface area contributed by atoms with Crippen LogP contribution in [0.1, 0.15) is 33.6 Å². The quantitative estimate of drug-likeness (QED) is 0.729. The molecule has 0 bridgehead atoms. The minimum atomic E-state index is 0.794. The van der Waals surface area contributed by atoms with E-state index in [1.54, 1.807) is 0 Å². The molecule has 3 nitrogen and oxygen atoms in total. The fourth-order valence-electron chi connectivity index (χ4n) is 2.75. The predicted octanol–water partition coefficient (Wildman–Crippen LogP) is 1.74. The Morgan fingerprint density at radius 2 is 1.53 bits per heavy atom. The molecule has 2 heterocycles. The summed E-state index contributed by atoms with van der Waals surface area (Å²) in [6, 6.07) is 1.60. The molecule has 0 N–H and O–H groups in total. The lowest BCUT2D eigenvalue weighted by Gasteiger charge is -2.35. The largest absolute Gasteiger partial charge is 0.304 e. The molecule has 0 radical (unpaired) electrons. The lowest BCUT2D eigenvalue weighted by atomic mass is 10.2. The molecule has 2 saturated heterocycles. The third-order valence-corrected chi connectivity index (χ3v) is 4.25. The van der Waals surface area contributed by atoms with E-state index in [9.17, 15) is 0 Å². The van der Waals surface area contributed by atoms with Crippen LogP contribution >= 0.6 is 0 Å². The maximum Gasteiger partial charge on any atom is 0.0223 e. The van der Waals surface area contributed by atoms with Gasteiger partial charge in [-0.3, -0.25) is 9.80 Å². The third-order valence-electron chi connectivity index (χ3n) is 4.25. The molecule has 2 aliphatic rings. The maximum atomic E-state index is 2.64. The van der Waals surface area contributed by atoms with E-state index < -0.39 is 0 Å². The molecule has 2 aliphatic heterocycles. The Morgan fingerprint density at radius 1 is 0.941 bits per heavy atom. The fraction of sp³-hybridized carbons (Fsp3) is 1.00. The van der Waals surface area contributed by atoms with E-state index in [1.165, 1.54) is 45.6 Å². The van der Waals surface area contributed by atoms with Crippen LogP contribution in [0.5, 0.6) is 0 Å². The minimum Gasteiger partial charge on any atom is -0.304 e. The van der Waals surface area contributed by atoms with Gasteiger partial charge in [0.15, 0.2) is 0 Å². The molecular formula is C14H31N3. The molecule has 0 aromatic heterocycles. The minimum absolute atomic E-state index is 0.794. The Balaban J connectivity index is 0.000000686. The van der Waals surface area contributed by atoms with E-state index >= 15 is 0 Å². The maximum absolute atomic E-state index is 2.64. The van der Waals surface area contributed by atoms with E-state index in [2.05, 4.69) is 35.7 Å². The number of nitrogens with zero attached hydrogens (tertiary/aromatic N) is 3. The molecule has 2 atom stereocenters. The summed E-state index contributed by atoms with van der Waals surface area (Å²) in [6.07, 6.45) is 2.78. The number of likely N-dealkylation sites (tertiary alicyclic amines) is 1. The van der Waals surface area contributed by atoms with Crippen molar-refractivity contribution < 1.29 is 0 Å². The molecule has 2 unspecified atom stereocenters. The van der Waals surface area contributed by atoms with Crippen LogP contribution in [0, 0.1) is 0 Å². The molecule has 0 aromatic rings. The highest BCUT2D eigenvalue weighted by molar-refractivity contribution is 4.85. The van der Waals surface area contributed by atoms with Gasteiger partial charge in [0.2, 0.25) is 0 Å². The van der Waals surface area contributed by atoms with Crippen molar-refractivity contribution in [2.75, 3.05) is 46.8 Å². The van der Waals surface area contributed by atoms with E-state index in [1.807, 2.05) is 13.8 Å². The number of likely N-dealkylation sites (N-methyl/N-ethyl adjacent to an activating group) is 2. The smallest absolute Gasteiger partial charge is 0.0223 e. The molecule has 0 saturated carbocycles. The summed E-state index contributed by atoms with van der Waals surface area (Å²) in [4.78, 5) is 7.63. The Labute approximate surface area is 108 Å². The Hall–Kier alpha value is -0.120. The molecule has 17 heavy (non-hydrogen) atoms. The number of hydrogen-bond donors (Lipinski definition) is 0. The van der Waals surface area contributed by atoms with E-state index in [0.29, 0.717) is 0 Å². The van der Waals surface area contributed by atoms with Gasteiger partial charge in [0.25, 0.3) is 0 Å². The van der Waals surface area contributed by atoms with Crippen molar-refractivity contribution in [1.29, 1.82) is 0 Å². The van der Waals surface area contributed by atoms with E-state index in [-0.39, 0.29) is 0 Å². The van der Waals surface area contributed by atoms with Gasteiger partial charge in [-0.25, -0.2) is 0 Å². The Kier molecular flexibility index (Phi) is 6.45. The van der Waals surface area contributed by atoms with Gasteiger partial charge in [0, 0.05) is 44.8 Å². The van der Waals surface area contributed by atoms with Gasteiger partial charge >= 0.3 is 0 Å². The summed E-state index contributed by atoms with van der Waals surface area (Å²) in [6.45, 7) is 12.6. The lowest BCUT2D eigenvalue weighted by Crippen LogP contribution is -2.49. The Morgan fingerprint density at radius 3 is 2.00 bits per heavy atom. The average Bonchev–Trinajstić information content (AvgIpc) is 2.67. The van der Waals surface area contributed by atoms with Crippen molar-refractivity contribution in [3.8, 4) is 0 Å². The van der Waals surface area contributed by atoms with Crippen molar-refractivity contribution in [3.63, 3.8) is 0 Å². The summed E-state index contributed by atoms with van der Waals surface area (Å²) in [5.41, 5.74) is 0. The highest BCUT2D eigenvalue weighted by Gasteiger charge is 2.29. The van der Waals surface area contributed by atoms with Crippen molar-refractivity contribution in [2.24, 2.45) is 0 Å². The van der Waals surface area contributed by atoms with Crippen molar-refractivity contribution in [1.82, 2.24) is 14.7 Å². The molecule has 2 fully saturated rings. The second kappa shape index (κ2) is 7.34. The standard InChI is InChI=1S/C12H25N3.C2H6/c1-11-4-5-12(14(11)3)10-15-8-6-13(2)7-9-15;1-2/h11-12H,4-10H2,1-3H3;1-2H3. The van der Waals surface area contributed by atoms with Crippen LogP contribution < -0.4 is 0 Å². The highest BCUT2D eigenvalue weighted by Crippen LogP contribution is 2.22. The number of piperazine rings is 1. The summed E-state index contributed by atoms with van der Waals surface area (Å²) >= 11 is 0. The molecule has 0 spiro atoms. The lowest BCUT2D eigenvalue weighted by molar-refractivity contribution is 0.118. The first-order valence-corrected chi connectivity index (χ1v) is 7.29. The number of rotatable bonds is 2. The third kappa shape index (κ3) is 4.23. The van der Waals surface area contributed by atoms with Gasteiger partial charge in [0.1, 0.15) is 0 Å². The monoisotopic (exact) mass is 241 g/mol. The van der Waals surface area contributed by atoms with Crippen LogP contribution in [0.15, 0.2) is 0 Å². The summed E-state index contributed by atoms with van der Waals surface area (Å²) in [5.74, 6) is 0. The molecule has 102 valence electrons. The van der Waals surface area contributed by atoms with Crippen molar-refractivity contribution in [3.05, 3.63) is 0 Å². The Bertz CT molecular complexity index is 200. The first kappa shape index (κ1) is 14.9. The normalized spacial score (nSPS) is 32.3. The molecule has 3 heteroatoms. The van der Waals surface area contributed by atoms with Gasteiger partial charge < -0.3 is 4.90 Å². The van der Waals surface area contributed by atoms with Gasteiger partial charge in [-0.05, 0) is 33.9 Å². The summed E-state index contributed by atoms with van der Waals surface area (Å²) < 4.78 is 0. The van der Waals surface area contributed by atoms with Crippen molar-refractivity contribution in [2.45, 2.75) is 45.7 Å². The van der Waals surface area contributed by atoms with Crippen LogP contribution in [0.2, 0.25) is 0 Å². The fourth-order valence-corrected chi connectivity index (χ4v) is 2.75. The van der Waals surface area contributed by atoms with Gasteiger partial charge in [-0.1, -0.05) is 13.8 Å². The first-order valence-electron chi connectivity index (χ1n) is 7.29. The van der Waals surface area contributed by atoms with Gasteiger partial charge in [-0.15, -0.1) is 0 Å². The molecule has 2 rings (SSSR count). The van der Waals surface area contributed by atoms with Crippen LogP contribution in [0.3, 0.4) is 0 Å². The zero-order valence-electron chi connectivity index (χ0n) is 12.4. The molecule has 0 aromatic carbocycles. The second-order valence-corrected chi connectivity index (χ2v) is 5.35. The number of hydrogen-bond acceptors (Lipinski definition) is 3. The van der Waals surface area contributed by atoms with Crippen molar-refractivity contribution >= 4 is 0 Å². The van der Waals surface area contributed by atoms with Crippen LogP contribution in [0.25, 0.3) is 0 Å². The highest BCUT2D eigenvalue weighted by atomic mass is 15.3.